The number of carbonyl (C=O) groups is 1. The molecule has 1 aromatic heterocycles. The van der Waals surface area contributed by atoms with Gasteiger partial charge < -0.3 is 10.1 Å². The lowest BCUT2D eigenvalue weighted by Gasteiger charge is -2.05. The van der Waals surface area contributed by atoms with E-state index in [2.05, 4.69) is 4.98 Å². The molecule has 7 heteroatoms. The number of carboxylic acid groups (broad SMARTS) is 1. The molecular formula is C14H8ClFN2O3. The second kappa shape index (κ2) is 4.75. The van der Waals surface area contributed by atoms with Crippen LogP contribution < -0.4 is 5.69 Å². The first-order valence-corrected chi connectivity index (χ1v) is 6.28. The van der Waals surface area contributed by atoms with Crippen molar-refractivity contribution in [3.8, 4) is 5.69 Å². The molecule has 3 aromatic rings. The van der Waals surface area contributed by atoms with Crippen LogP contribution in [0.25, 0.3) is 16.7 Å². The molecule has 0 aliphatic heterocycles. The Kier molecular flexibility index (Phi) is 3.03. The molecule has 106 valence electrons. The average molecular weight is 307 g/mol. The number of aromatic nitrogens is 2. The van der Waals surface area contributed by atoms with Crippen LogP contribution in [-0.4, -0.2) is 20.6 Å². The summed E-state index contributed by atoms with van der Waals surface area (Å²) in [6, 6.07) is 8.15. The summed E-state index contributed by atoms with van der Waals surface area (Å²) >= 11 is 5.79. The van der Waals surface area contributed by atoms with Crippen molar-refractivity contribution in [2.75, 3.05) is 0 Å². The zero-order chi connectivity index (χ0) is 15.1. The summed E-state index contributed by atoms with van der Waals surface area (Å²) in [5, 5.41) is 9.27. The zero-order valence-electron chi connectivity index (χ0n) is 10.4. The smallest absolute Gasteiger partial charge is 0.337 e. The first-order valence-electron chi connectivity index (χ1n) is 5.91. The maximum atomic E-state index is 13.5. The minimum absolute atomic E-state index is 0.0362. The number of nitrogens with one attached hydrogen (secondary N) is 1. The summed E-state index contributed by atoms with van der Waals surface area (Å²) in [4.78, 5) is 25.7. The highest BCUT2D eigenvalue weighted by Gasteiger charge is 2.15. The summed E-state index contributed by atoms with van der Waals surface area (Å²) in [6.07, 6.45) is 0. The van der Waals surface area contributed by atoms with Crippen LogP contribution in [0, 0.1) is 5.82 Å². The number of halogens is 2. The van der Waals surface area contributed by atoms with Crippen molar-refractivity contribution in [2.45, 2.75) is 0 Å². The Balaban J connectivity index is 2.38. The Bertz CT molecular complexity index is 909. The molecule has 0 saturated carbocycles. The maximum absolute atomic E-state index is 13.5. The normalized spacial score (nSPS) is 11.0. The van der Waals surface area contributed by atoms with Gasteiger partial charge in [0.05, 0.1) is 22.3 Å². The van der Waals surface area contributed by atoms with Gasteiger partial charge in [0.15, 0.2) is 0 Å². The van der Waals surface area contributed by atoms with Crippen LogP contribution in [0.4, 0.5) is 4.39 Å². The topological polar surface area (TPSA) is 75.1 Å². The molecule has 0 saturated heterocycles. The first-order chi connectivity index (χ1) is 9.97. The van der Waals surface area contributed by atoms with E-state index < -0.39 is 17.5 Å². The number of hydrogen-bond acceptors (Lipinski definition) is 2. The third-order valence-electron chi connectivity index (χ3n) is 3.05. The van der Waals surface area contributed by atoms with E-state index in [0.29, 0.717) is 5.52 Å². The maximum Gasteiger partial charge on any atom is 0.337 e. The Morgan fingerprint density at radius 1 is 1.29 bits per heavy atom. The molecule has 0 aliphatic rings. The SMILES string of the molecule is O=C(O)c1cccc2c1[nH]c(=O)n2-c1cc(F)cc(Cl)c1. The number of fused-ring (bicyclic) bond motifs is 1. The molecule has 21 heavy (non-hydrogen) atoms. The van der Waals surface area contributed by atoms with Crippen molar-refractivity contribution in [3.05, 3.63) is 63.3 Å². The van der Waals surface area contributed by atoms with E-state index in [1.54, 1.807) is 6.07 Å². The predicted octanol–water partition coefficient (Wildman–Crippen LogP) is 2.81. The molecule has 1 heterocycles. The molecule has 5 nitrogen and oxygen atoms in total. The average Bonchev–Trinajstić information content (AvgIpc) is 2.72. The van der Waals surface area contributed by atoms with E-state index in [1.165, 1.54) is 22.8 Å². The van der Waals surface area contributed by atoms with E-state index >= 15 is 0 Å². The largest absolute Gasteiger partial charge is 0.478 e. The number of imidazole rings is 1. The van der Waals surface area contributed by atoms with Crippen LogP contribution in [0.5, 0.6) is 0 Å². The molecule has 2 aromatic carbocycles. The number of hydrogen-bond donors (Lipinski definition) is 2. The molecular weight excluding hydrogens is 299 g/mol. The van der Waals surface area contributed by atoms with Crippen LogP contribution in [0.15, 0.2) is 41.2 Å². The van der Waals surface area contributed by atoms with Crippen molar-refractivity contribution in [3.63, 3.8) is 0 Å². The number of benzene rings is 2. The van der Waals surface area contributed by atoms with Gasteiger partial charge >= 0.3 is 11.7 Å². The lowest BCUT2D eigenvalue weighted by atomic mass is 10.2. The Morgan fingerprint density at radius 3 is 2.71 bits per heavy atom. The van der Waals surface area contributed by atoms with Gasteiger partial charge in [-0.25, -0.2) is 14.0 Å². The molecule has 0 bridgehead atoms. The highest BCUT2D eigenvalue weighted by atomic mass is 35.5. The third-order valence-corrected chi connectivity index (χ3v) is 3.27. The molecule has 2 N–H and O–H groups in total. The standard InChI is InChI=1S/C14H8ClFN2O3/c15-7-4-8(16)6-9(5-7)18-11-3-1-2-10(13(19)20)12(11)17-14(18)21/h1-6H,(H,17,21)(H,19,20). The van der Waals surface area contributed by atoms with Crippen molar-refractivity contribution in [1.29, 1.82) is 0 Å². The molecule has 0 aliphatic carbocycles. The number of carboxylic acids is 1. The second-order valence-corrected chi connectivity index (χ2v) is 4.83. The van der Waals surface area contributed by atoms with Gasteiger partial charge in [-0.2, -0.15) is 0 Å². The number of para-hydroxylation sites is 1. The number of rotatable bonds is 2. The minimum Gasteiger partial charge on any atom is -0.478 e. The molecule has 0 radical (unpaired) electrons. The van der Waals surface area contributed by atoms with Gasteiger partial charge in [-0.15, -0.1) is 0 Å². The number of aromatic carboxylic acids is 1. The summed E-state index contributed by atoms with van der Waals surface area (Å²) in [7, 11) is 0. The van der Waals surface area contributed by atoms with Gasteiger partial charge in [-0.1, -0.05) is 17.7 Å². The quantitative estimate of drug-likeness (QED) is 0.764. The number of nitrogens with zero attached hydrogens (tertiary/aromatic N) is 1. The van der Waals surface area contributed by atoms with E-state index in [0.717, 1.165) is 12.1 Å². The van der Waals surface area contributed by atoms with Gasteiger partial charge in [0.1, 0.15) is 5.82 Å². The lowest BCUT2D eigenvalue weighted by Crippen LogP contribution is -2.14. The summed E-state index contributed by atoms with van der Waals surface area (Å²) in [5.41, 5.74) is 0.127. The third kappa shape index (κ3) is 2.19. The van der Waals surface area contributed by atoms with Crippen molar-refractivity contribution < 1.29 is 14.3 Å². The molecule has 0 fully saturated rings. The zero-order valence-corrected chi connectivity index (χ0v) is 11.2. The van der Waals surface area contributed by atoms with Gasteiger partial charge in [-0.3, -0.25) is 4.57 Å². The Morgan fingerprint density at radius 2 is 2.05 bits per heavy atom. The molecule has 0 amide bonds. The predicted molar refractivity (Wildman–Crippen MR) is 75.8 cm³/mol. The Labute approximate surface area is 122 Å². The van der Waals surface area contributed by atoms with Crippen LogP contribution in [0.1, 0.15) is 10.4 Å². The van der Waals surface area contributed by atoms with Gasteiger partial charge in [0.2, 0.25) is 0 Å². The van der Waals surface area contributed by atoms with Crippen LogP contribution >= 0.6 is 11.6 Å². The fourth-order valence-corrected chi connectivity index (χ4v) is 2.45. The molecule has 0 unspecified atom stereocenters. The van der Waals surface area contributed by atoms with Gasteiger partial charge in [0, 0.05) is 5.02 Å². The lowest BCUT2D eigenvalue weighted by molar-refractivity contribution is 0.0699. The molecule has 3 rings (SSSR count). The van der Waals surface area contributed by atoms with Crippen LogP contribution in [0.2, 0.25) is 5.02 Å². The summed E-state index contributed by atoms with van der Waals surface area (Å²) in [6.45, 7) is 0. The van der Waals surface area contributed by atoms with E-state index in [1.807, 2.05) is 0 Å². The first kappa shape index (κ1) is 13.4. The van der Waals surface area contributed by atoms with E-state index in [9.17, 15) is 14.0 Å². The fourth-order valence-electron chi connectivity index (χ4n) is 2.23. The number of aromatic amines is 1. The second-order valence-electron chi connectivity index (χ2n) is 4.40. The monoisotopic (exact) mass is 306 g/mol. The summed E-state index contributed by atoms with van der Waals surface area (Å²) < 4.78 is 14.6. The summed E-state index contributed by atoms with van der Waals surface area (Å²) in [5.74, 6) is -1.75. The van der Waals surface area contributed by atoms with Gasteiger partial charge in [0.25, 0.3) is 0 Å². The van der Waals surface area contributed by atoms with Crippen molar-refractivity contribution in [2.24, 2.45) is 0 Å². The molecule has 0 atom stereocenters. The fraction of sp³-hybridized carbons (Fsp3) is 0. The highest BCUT2D eigenvalue weighted by molar-refractivity contribution is 6.30. The van der Waals surface area contributed by atoms with E-state index in [4.69, 9.17) is 16.7 Å². The van der Waals surface area contributed by atoms with E-state index in [-0.39, 0.29) is 21.8 Å². The molecule has 0 spiro atoms. The van der Waals surface area contributed by atoms with Crippen LogP contribution in [0.3, 0.4) is 0 Å². The van der Waals surface area contributed by atoms with Crippen LogP contribution in [-0.2, 0) is 0 Å². The number of H-pyrrole nitrogens is 1. The van der Waals surface area contributed by atoms with Crippen molar-refractivity contribution >= 4 is 28.6 Å². The van der Waals surface area contributed by atoms with Gasteiger partial charge in [-0.05, 0) is 30.3 Å². The Hall–Kier alpha value is -2.60. The van der Waals surface area contributed by atoms with Crippen molar-refractivity contribution in [1.82, 2.24) is 9.55 Å². The highest BCUT2D eigenvalue weighted by Crippen LogP contribution is 2.22. The minimum atomic E-state index is -1.16.